The molecule has 2 aromatic rings. The van der Waals surface area contributed by atoms with Gasteiger partial charge in [-0.05, 0) is 17.0 Å². The van der Waals surface area contributed by atoms with Crippen molar-refractivity contribution >= 4 is 11.8 Å². The Kier molecular flexibility index (Phi) is 7.44. The molecule has 1 fully saturated rings. The molecule has 0 radical (unpaired) electrons. The number of methoxy groups -OCH3 is 2. The van der Waals surface area contributed by atoms with Crippen molar-refractivity contribution in [3.05, 3.63) is 59.7 Å². The summed E-state index contributed by atoms with van der Waals surface area (Å²) in [6, 6.07) is 15.5. The van der Waals surface area contributed by atoms with Gasteiger partial charge in [0.25, 0.3) is 0 Å². The van der Waals surface area contributed by atoms with Gasteiger partial charge in [0.15, 0.2) is 0 Å². The van der Waals surface area contributed by atoms with Gasteiger partial charge in [-0.15, -0.1) is 0 Å². The van der Waals surface area contributed by atoms with Crippen molar-refractivity contribution in [2.45, 2.75) is 39.7 Å². The number of benzene rings is 2. The number of ether oxygens (including phenoxy) is 2. The summed E-state index contributed by atoms with van der Waals surface area (Å²) in [7, 11) is 3.22. The van der Waals surface area contributed by atoms with Crippen LogP contribution in [0.15, 0.2) is 48.5 Å². The molecule has 2 amide bonds. The Hall–Kier alpha value is -3.02. The molecule has 0 aliphatic carbocycles. The van der Waals surface area contributed by atoms with E-state index in [4.69, 9.17) is 9.47 Å². The fraction of sp³-hybridized carbons (Fsp3) is 0.462. The number of carbonyl (C=O) groups excluding carboxylic acids is 2. The van der Waals surface area contributed by atoms with Crippen molar-refractivity contribution in [3.63, 3.8) is 0 Å². The van der Waals surface area contributed by atoms with Crippen molar-refractivity contribution < 1.29 is 19.1 Å². The lowest BCUT2D eigenvalue weighted by molar-refractivity contribution is -0.132. The fourth-order valence-electron chi connectivity index (χ4n) is 4.19. The maximum absolute atomic E-state index is 13.3. The average Bonchev–Trinajstić information content (AvgIpc) is 3.22. The van der Waals surface area contributed by atoms with Gasteiger partial charge >= 0.3 is 0 Å². The van der Waals surface area contributed by atoms with Crippen LogP contribution >= 0.6 is 0 Å². The maximum Gasteiger partial charge on any atom is 0.225 e. The van der Waals surface area contributed by atoms with Crippen LogP contribution < -0.4 is 14.8 Å². The van der Waals surface area contributed by atoms with Crippen LogP contribution in [-0.4, -0.2) is 44.0 Å². The predicted molar refractivity (Wildman–Crippen MR) is 125 cm³/mol. The molecule has 0 saturated carbocycles. The molecule has 1 aliphatic rings. The van der Waals surface area contributed by atoms with Gasteiger partial charge in [0.1, 0.15) is 11.5 Å². The third-order valence-electron chi connectivity index (χ3n) is 5.84. The molecular formula is C26H34N2O4. The molecule has 1 N–H and O–H groups in total. The van der Waals surface area contributed by atoms with E-state index in [0.29, 0.717) is 37.6 Å². The van der Waals surface area contributed by atoms with Gasteiger partial charge in [-0.2, -0.15) is 0 Å². The quantitative estimate of drug-likeness (QED) is 0.710. The predicted octanol–water partition coefficient (Wildman–Crippen LogP) is 4.00. The van der Waals surface area contributed by atoms with E-state index in [1.54, 1.807) is 14.2 Å². The highest BCUT2D eigenvalue weighted by molar-refractivity contribution is 5.83. The molecule has 6 nitrogen and oxygen atoms in total. The van der Waals surface area contributed by atoms with Gasteiger partial charge in [0.05, 0.1) is 20.1 Å². The summed E-state index contributed by atoms with van der Waals surface area (Å²) >= 11 is 0. The minimum atomic E-state index is -0.357. The average molecular weight is 439 g/mol. The van der Waals surface area contributed by atoms with E-state index >= 15 is 0 Å². The van der Waals surface area contributed by atoms with Gasteiger partial charge in [-0.1, -0.05) is 57.2 Å². The topological polar surface area (TPSA) is 67.9 Å². The molecular weight excluding hydrogens is 404 g/mol. The molecule has 172 valence electrons. The smallest absolute Gasteiger partial charge is 0.225 e. The second-order valence-electron chi connectivity index (χ2n) is 9.56. The van der Waals surface area contributed by atoms with Crippen LogP contribution in [0.3, 0.4) is 0 Å². The first-order chi connectivity index (χ1) is 15.2. The Balaban J connectivity index is 1.85. The molecule has 2 aromatic carbocycles. The summed E-state index contributed by atoms with van der Waals surface area (Å²) in [5, 5.41) is 3.07. The first-order valence-corrected chi connectivity index (χ1v) is 11.0. The van der Waals surface area contributed by atoms with Crippen molar-refractivity contribution in [2.24, 2.45) is 11.3 Å². The van der Waals surface area contributed by atoms with Crippen molar-refractivity contribution in [3.8, 4) is 11.5 Å². The number of nitrogens with zero attached hydrogens (tertiary/aromatic N) is 1. The van der Waals surface area contributed by atoms with Gasteiger partial charge in [-0.25, -0.2) is 0 Å². The van der Waals surface area contributed by atoms with E-state index in [9.17, 15) is 9.59 Å². The molecule has 1 saturated heterocycles. The number of amides is 2. The van der Waals surface area contributed by atoms with Crippen LogP contribution in [0.2, 0.25) is 0 Å². The zero-order valence-corrected chi connectivity index (χ0v) is 19.7. The summed E-state index contributed by atoms with van der Waals surface area (Å²) < 4.78 is 10.9. The number of nitrogens with one attached hydrogen (secondary N) is 1. The van der Waals surface area contributed by atoms with Crippen molar-refractivity contribution in [2.75, 3.05) is 27.3 Å². The number of carbonyl (C=O) groups is 2. The highest BCUT2D eigenvalue weighted by Crippen LogP contribution is 2.40. The largest absolute Gasteiger partial charge is 0.497 e. The number of hydrogen-bond donors (Lipinski definition) is 1. The van der Waals surface area contributed by atoms with E-state index < -0.39 is 0 Å². The van der Waals surface area contributed by atoms with Crippen LogP contribution in [0.1, 0.15) is 44.2 Å². The van der Waals surface area contributed by atoms with Gasteiger partial charge in [-0.3, -0.25) is 9.59 Å². The van der Waals surface area contributed by atoms with E-state index in [0.717, 1.165) is 11.1 Å². The Morgan fingerprint density at radius 2 is 1.75 bits per heavy atom. The lowest BCUT2D eigenvalue weighted by Crippen LogP contribution is -2.36. The molecule has 0 unspecified atom stereocenters. The maximum atomic E-state index is 13.3. The van der Waals surface area contributed by atoms with E-state index in [-0.39, 0.29) is 29.1 Å². The molecule has 6 heteroatoms. The normalized spacial score (nSPS) is 18.3. The van der Waals surface area contributed by atoms with E-state index in [1.807, 2.05) is 53.4 Å². The van der Waals surface area contributed by atoms with Crippen molar-refractivity contribution in [1.82, 2.24) is 10.2 Å². The Morgan fingerprint density at radius 1 is 1.03 bits per heavy atom. The molecule has 0 spiro atoms. The minimum absolute atomic E-state index is 0.0530. The standard InChI is InChI=1S/C26H34N2O4/c1-26(2,3)14-24(29)28-16-21(20-12-11-19(31-4)13-23(20)32-5)22(17-28)25(30)27-15-18-9-7-6-8-10-18/h6-13,21-22H,14-17H2,1-5H3,(H,27,30)/t21-,22-/m1/s1. The number of likely N-dealkylation sites (tertiary alicyclic amines) is 1. The Morgan fingerprint density at radius 3 is 2.38 bits per heavy atom. The second-order valence-corrected chi connectivity index (χ2v) is 9.56. The van der Waals surface area contributed by atoms with Crippen LogP contribution in [0.25, 0.3) is 0 Å². The SMILES string of the molecule is COc1ccc([C@H]2CN(C(=O)CC(C)(C)C)C[C@H]2C(=O)NCc2ccccc2)c(OC)c1. The summed E-state index contributed by atoms with van der Waals surface area (Å²) in [5.74, 6) is 0.867. The van der Waals surface area contributed by atoms with Crippen LogP contribution in [0, 0.1) is 11.3 Å². The molecule has 0 bridgehead atoms. The Bertz CT molecular complexity index is 937. The van der Waals surface area contributed by atoms with E-state index in [1.165, 1.54) is 0 Å². The number of hydrogen-bond acceptors (Lipinski definition) is 4. The molecule has 32 heavy (non-hydrogen) atoms. The molecule has 0 aromatic heterocycles. The minimum Gasteiger partial charge on any atom is -0.497 e. The monoisotopic (exact) mass is 438 g/mol. The summed E-state index contributed by atoms with van der Waals surface area (Å²) in [6.45, 7) is 7.49. The molecule has 1 heterocycles. The third kappa shape index (κ3) is 5.81. The highest BCUT2D eigenvalue weighted by atomic mass is 16.5. The summed E-state index contributed by atoms with van der Waals surface area (Å²) in [4.78, 5) is 28.1. The summed E-state index contributed by atoms with van der Waals surface area (Å²) in [5.41, 5.74) is 1.84. The second kappa shape index (κ2) is 10.1. The highest BCUT2D eigenvalue weighted by Gasteiger charge is 2.42. The summed E-state index contributed by atoms with van der Waals surface area (Å²) in [6.07, 6.45) is 0.442. The zero-order valence-electron chi connectivity index (χ0n) is 19.7. The van der Waals surface area contributed by atoms with Crippen LogP contribution in [0.5, 0.6) is 11.5 Å². The molecule has 1 aliphatic heterocycles. The van der Waals surface area contributed by atoms with E-state index in [2.05, 4.69) is 26.1 Å². The first kappa shape index (κ1) is 23.6. The van der Waals surface area contributed by atoms with Gasteiger partial charge in [0, 0.05) is 43.6 Å². The molecule has 2 atom stereocenters. The van der Waals surface area contributed by atoms with Crippen LogP contribution in [0.4, 0.5) is 0 Å². The Labute approximate surface area is 190 Å². The van der Waals surface area contributed by atoms with Crippen LogP contribution in [-0.2, 0) is 16.1 Å². The fourth-order valence-corrected chi connectivity index (χ4v) is 4.19. The molecule has 3 rings (SSSR count). The lowest BCUT2D eigenvalue weighted by Gasteiger charge is -2.23. The van der Waals surface area contributed by atoms with Crippen molar-refractivity contribution in [1.29, 1.82) is 0 Å². The zero-order chi connectivity index (χ0) is 23.3. The van der Waals surface area contributed by atoms with Gasteiger partial charge < -0.3 is 19.7 Å². The lowest BCUT2D eigenvalue weighted by atomic mass is 9.87. The number of rotatable bonds is 7. The third-order valence-corrected chi connectivity index (χ3v) is 5.84. The first-order valence-electron chi connectivity index (χ1n) is 11.0. The van der Waals surface area contributed by atoms with Gasteiger partial charge in [0.2, 0.25) is 11.8 Å².